The number of aliphatic carboxylic acids is 1. The number of carbonyl (C=O) groups is 1. The van der Waals surface area contributed by atoms with Gasteiger partial charge in [-0.1, -0.05) is 23.3 Å². The molecule has 0 amide bonds. The minimum Gasteiger partial charge on any atom is -0.547 e. The molecule has 50 heavy (non-hydrogen) atoms. The van der Waals surface area contributed by atoms with Crippen molar-refractivity contribution in [3.8, 4) is 0 Å². The molecule has 0 radical (unpaired) electrons. The van der Waals surface area contributed by atoms with Crippen molar-refractivity contribution in [3.05, 3.63) is 23.3 Å². The molecule has 0 unspecified atom stereocenters. The van der Waals surface area contributed by atoms with Gasteiger partial charge in [-0.2, -0.15) is 0 Å². The number of hydrogen-bond donors (Lipinski definition) is 6. The second kappa shape index (κ2) is 17.4. The van der Waals surface area contributed by atoms with E-state index in [1.54, 1.807) is 4.68 Å². The maximum atomic E-state index is 12.2. The second-order valence-corrected chi connectivity index (χ2v) is 13.2. The zero-order valence-corrected chi connectivity index (χ0v) is 30.1. The van der Waals surface area contributed by atoms with Crippen LogP contribution >= 0.6 is 0 Å². The Morgan fingerprint density at radius 1 is 0.920 bits per heavy atom. The Bertz CT molecular complexity index is 1400. The number of carbonyl (C=O) groups excluding carboxylic acids is 1. The van der Waals surface area contributed by atoms with Gasteiger partial charge in [-0.3, -0.25) is 0 Å². The van der Waals surface area contributed by atoms with E-state index in [9.17, 15) is 40.5 Å². The quantitative estimate of drug-likeness (QED) is 0.111. The van der Waals surface area contributed by atoms with E-state index in [1.807, 2.05) is 0 Å². The van der Waals surface area contributed by atoms with E-state index in [-0.39, 0.29) is 42.6 Å². The van der Waals surface area contributed by atoms with E-state index in [4.69, 9.17) is 23.7 Å². The van der Waals surface area contributed by atoms with Gasteiger partial charge in [0, 0.05) is 0 Å². The molecule has 0 spiro atoms. The summed E-state index contributed by atoms with van der Waals surface area (Å²) in [5, 5.41) is 91.7. The zero-order valence-electron chi connectivity index (χ0n) is 28.1. The molecule has 20 heteroatoms. The number of aliphatic hydroxyl groups excluding tert-OH is 6. The minimum absolute atomic E-state index is 0. The first-order chi connectivity index (χ1) is 23.5. The van der Waals surface area contributed by atoms with Gasteiger partial charge in [0.25, 0.3) is 0 Å². The molecule has 4 heterocycles. The minimum atomic E-state index is -1.72. The first kappa shape index (κ1) is 39.5. The summed E-state index contributed by atoms with van der Waals surface area (Å²) in [6.07, 6.45) is -9.62. The van der Waals surface area contributed by atoms with E-state index in [0.29, 0.717) is 18.5 Å². The molecule has 1 saturated carbocycles. The number of fused-ring (bicyclic) bond motifs is 1. The van der Waals surface area contributed by atoms with Gasteiger partial charge in [-0.05, 0) is 45.4 Å². The van der Waals surface area contributed by atoms with E-state index in [2.05, 4.69) is 20.6 Å². The SMILES string of the molecule is C[C@@H]1O[C@@H](O[C@@H]2CCCC[C@H]2O[C@@H]2O[C@H](CO)[C@H](O)[C@H](O[C@@H](Cn3cc(Cn4nnc5c4CCCC5)nn3)C(=O)[O-])[C@H]2O)[C@@H](O)[C@H](O)[C@@H]1O.[Na+]. The Morgan fingerprint density at radius 2 is 1.60 bits per heavy atom. The van der Waals surface area contributed by atoms with Gasteiger partial charge in [0.1, 0.15) is 54.5 Å². The van der Waals surface area contributed by atoms with Crippen molar-refractivity contribution in [1.82, 2.24) is 30.0 Å². The molecular weight excluding hydrogens is 675 g/mol. The molecule has 6 rings (SSSR count). The summed E-state index contributed by atoms with van der Waals surface area (Å²) >= 11 is 0. The molecule has 3 fully saturated rings. The molecule has 2 aliphatic carbocycles. The molecular formula is C30H45N6NaO13. The van der Waals surface area contributed by atoms with Crippen LogP contribution in [0.5, 0.6) is 0 Å². The first-order valence-corrected chi connectivity index (χ1v) is 16.8. The van der Waals surface area contributed by atoms with Crippen LogP contribution in [0.1, 0.15) is 62.5 Å². The van der Waals surface area contributed by atoms with Gasteiger partial charge in [0.15, 0.2) is 12.6 Å². The van der Waals surface area contributed by atoms with Gasteiger partial charge in [0.05, 0.1) is 61.6 Å². The predicted octanol–water partition coefficient (Wildman–Crippen LogP) is -7.08. The van der Waals surface area contributed by atoms with Gasteiger partial charge < -0.3 is 64.2 Å². The van der Waals surface area contributed by atoms with Crippen molar-refractivity contribution >= 4 is 5.97 Å². The summed E-state index contributed by atoms with van der Waals surface area (Å²) in [7, 11) is 0. The van der Waals surface area contributed by atoms with Crippen molar-refractivity contribution in [1.29, 1.82) is 0 Å². The number of aryl methyl sites for hydroxylation is 1. The Kier molecular flexibility index (Phi) is 13.8. The number of ether oxygens (including phenoxy) is 5. The molecule has 2 aromatic rings. The number of nitrogens with zero attached hydrogens (tertiary/aromatic N) is 6. The molecule has 6 N–H and O–H groups in total. The van der Waals surface area contributed by atoms with E-state index in [1.165, 1.54) is 17.8 Å². The Labute approximate surface area is 309 Å². The van der Waals surface area contributed by atoms with Gasteiger partial charge in [0.2, 0.25) is 0 Å². The summed E-state index contributed by atoms with van der Waals surface area (Å²) in [5.74, 6) is -1.64. The molecule has 13 atom stereocenters. The summed E-state index contributed by atoms with van der Waals surface area (Å²) in [5.41, 5.74) is 2.50. The number of aromatic nitrogens is 6. The van der Waals surface area contributed by atoms with Crippen LogP contribution in [-0.4, -0.2) is 153 Å². The standard InChI is InChI=1S/C30H46N6O13.Na/c1-14-22(38)24(40)25(41)29(45-14)47-18-8-4-5-9-19(18)48-30-26(42)27(23(39)21(13-37)49-30)46-20(28(43)44)12-35-10-15(31-33-35)11-36-17-7-3-2-6-16(17)32-34-36;/h10,14,18-27,29-30,37-42H,2-9,11-13H2,1H3,(H,43,44);/q;+1/p-1/t14-,18+,19+,20-,21+,22+,23-,24+,25-,26+,27-,29-,30+;/m0./s1. The maximum absolute atomic E-state index is 12.2. The number of hydrogen-bond acceptors (Lipinski definition) is 17. The first-order valence-electron chi connectivity index (χ1n) is 16.8. The Hall–Kier alpha value is -1.69. The smallest absolute Gasteiger partial charge is 0.547 e. The topological polar surface area (TPSA) is 269 Å². The molecule has 0 bridgehead atoms. The number of carboxylic acid groups (broad SMARTS) is 1. The maximum Gasteiger partial charge on any atom is 1.00 e. The molecule has 0 aromatic carbocycles. The largest absolute Gasteiger partial charge is 1.00 e. The van der Waals surface area contributed by atoms with Gasteiger partial charge in [-0.25, -0.2) is 9.36 Å². The van der Waals surface area contributed by atoms with Crippen LogP contribution < -0.4 is 34.7 Å². The number of carboxylic acids is 1. The van der Waals surface area contributed by atoms with Crippen molar-refractivity contribution in [3.63, 3.8) is 0 Å². The average Bonchev–Trinajstić information content (AvgIpc) is 3.72. The Morgan fingerprint density at radius 3 is 2.28 bits per heavy atom. The van der Waals surface area contributed by atoms with Crippen molar-refractivity contribution in [2.45, 2.75) is 151 Å². The fraction of sp³-hybridized carbons (Fsp3) is 0.833. The van der Waals surface area contributed by atoms with E-state index < -0.39 is 92.3 Å². The van der Waals surface area contributed by atoms with Crippen LogP contribution in [0.25, 0.3) is 0 Å². The van der Waals surface area contributed by atoms with Crippen LogP contribution in [0.4, 0.5) is 0 Å². The normalized spacial score (nSPS) is 36.7. The number of aliphatic hydroxyl groups is 6. The zero-order chi connectivity index (χ0) is 34.8. The summed E-state index contributed by atoms with van der Waals surface area (Å²) in [6.45, 7) is 0.738. The molecule has 274 valence electrons. The third-order valence-corrected chi connectivity index (χ3v) is 9.72. The third kappa shape index (κ3) is 8.74. The fourth-order valence-electron chi connectivity index (χ4n) is 6.91. The molecule has 19 nitrogen and oxygen atoms in total. The number of rotatable bonds is 12. The molecule has 2 saturated heterocycles. The molecule has 2 aromatic heterocycles. The summed E-state index contributed by atoms with van der Waals surface area (Å²) < 4.78 is 32.1. The van der Waals surface area contributed by atoms with Crippen LogP contribution in [0, 0.1) is 0 Å². The Balaban J connectivity index is 0.00000486. The molecule has 4 aliphatic rings. The third-order valence-electron chi connectivity index (χ3n) is 9.72. The molecule has 2 aliphatic heterocycles. The fourth-order valence-corrected chi connectivity index (χ4v) is 6.91. The van der Waals surface area contributed by atoms with E-state index in [0.717, 1.165) is 49.9 Å². The van der Waals surface area contributed by atoms with E-state index >= 15 is 0 Å². The van der Waals surface area contributed by atoms with Crippen LogP contribution in [0.3, 0.4) is 0 Å². The average molecular weight is 721 g/mol. The van der Waals surface area contributed by atoms with Crippen LogP contribution in [0.2, 0.25) is 0 Å². The monoisotopic (exact) mass is 720 g/mol. The van der Waals surface area contributed by atoms with Crippen molar-refractivity contribution in [2.24, 2.45) is 0 Å². The van der Waals surface area contributed by atoms with Crippen molar-refractivity contribution < 1.29 is 93.8 Å². The summed E-state index contributed by atoms with van der Waals surface area (Å²) in [6, 6.07) is 0. The van der Waals surface area contributed by atoms with Crippen LogP contribution in [-0.2, 0) is 54.4 Å². The van der Waals surface area contributed by atoms with Gasteiger partial charge in [-0.15, -0.1) is 10.2 Å². The van der Waals surface area contributed by atoms with Crippen LogP contribution in [0.15, 0.2) is 6.20 Å². The predicted molar refractivity (Wildman–Crippen MR) is 158 cm³/mol. The summed E-state index contributed by atoms with van der Waals surface area (Å²) in [4.78, 5) is 12.2. The second-order valence-electron chi connectivity index (χ2n) is 13.2. The van der Waals surface area contributed by atoms with Gasteiger partial charge >= 0.3 is 29.6 Å². The van der Waals surface area contributed by atoms with Crippen molar-refractivity contribution in [2.75, 3.05) is 6.61 Å².